The first-order chi connectivity index (χ1) is 13.3. The molecule has 0 spiro atoms. The van der Waals surface area contributed by atoms with Crippen molar-refractivity contribution < 1.29 is 27.2 Å². The van der Waals surface area contributed by atoms with E-state index < -0.39 is 18.6 Å². The largest absolute Gasteiger partial charge is 0.467 e. The van der Waals surface area contributed by atoms with Crippen molar-refractivity contribution in [1.82, 2.24) is 20.0 Å². The third-order valence-electron chi connectivity index (χ3n) is 4.78. The molecule has 1 N–H and O–H groups in total. The smallest absolute Gasteiger partial charge is 0.406 e. The zero-order valence-corrected chi connectivity index (χ0v) is 15.6. The summed E-state index contributed by atoms with van der Waals surface area (Å²) in [5, 5.41) is 2.93. The molecule has 0 aromatic carbocycles. The molecule has 2 amide bonds. The maximum atomic E-state index is 12.9. The quantitative estimate of drug-likeness (QED) is 0.705. The lowest BCUT2D eigenvalue weighted by Gasteiger charge is -2.35. The average molecular weight is 402 g/mol. The summed E-state index contributed by atoms with van der Waals surface area (Å²) in [6.07, 6.45) is -1.04. The molecule has 0 atom stereocenters. The number of alkyl halides is 3. The van der Waals surface area contributed by atoms with E-state index in [1.165, 1.54) is 6.26 Å². The molecule has 0 bridgehead atoms. The van der Waals surface area contributed by atoms with Crippen LogP contribution in [0.1, 0.15) is 18.6 Å². The first-order valence-electron chi connectivity index (χ1n) is 9.39. The van der Waals surface area contributed by atoms with E-state index in [2.05, 4.69) is 5.32 Å². The van der Waals surface area contributed by atoms with Crippen LogP contribution in [0.25, 0.3) is 0 Å². The minimum Gasteiger partial charge on any atom is -0.467 e. The molecule has 3 rings (SSSR count). The third-order valence-corrected chi connectivity index (χ3v) is 4.78. The van der Waals surface area contributed by atoms with E-state index in [0.717, 1.165) is 17.7 Å². The van der Waals surface area contributed by atoms with E-state index in [0.29, 0.717) is 44.5 Å². The van der Waals surface area contributed by atoms with Crippen molar-refractivity contribution in [3.63, 3.8) is 0 Å². The molecule has 2 heterocycles. The van der Waals surface area contributed by atoms with Crippen molar-refractivity contribution in [2.45, 2.75) is 31.6 Å². The monoisotopic (exact) mass is 402 g/mol. The van der Waals surface area contributed by atoms with Gasteiger partial charge in [-0.3, -0.25) is 19.4 Å². The number of carbonyl (C=O) groups is 2. The molecule has 0 unspecified atom stereocenters. The van der Waals surface area contributed by atoms with Crippen LogP contribution in [0, 0.1) is 0 Å². The Balaban J connectivity index is 1.45. The fourth-order valence-electron chi connectivity index (χ4n) is 3.14. The normalized spacial score (nSPS) is 18.8. The zero-order valence-electron chi connectivity index (χ0n) is 15.6. The number of hydrogen-bond acceptors (Lipinski definition) is 5. The summed E-state index contributed by atoms with van der Waals surface area (Å²) in [5.74, 6) is -0.278. The number of nitrogens with one attached hydrogen (secondary N) is 1. The van der Waals surface area contributed by atoms with Crippen molar-refractivity contribution in [2.24, 2.45) is 0 Å². The van der Waals surface area contributed by atoms with Crippen molar-refractivity contribution in [3.05, 3.63) is 24.2 Å². The number of furan rings is 1. The van der Waals surface area contributed by atoms with Crippen LogP contribution >= 0.6 is 0 Å². The molecule has 1 saturated heterocycles. The molecule has 10 heteroatoms. The van der Waals surface area contributed by atoms with E-state index >= 15 is 0 Å². The predicted molar refractivity (Wildman–Crippen MR) is 94.2 cm³/mol. The van der Waals surface area contributed by atoms with Gasteiger partial charge in [-0.1, -0.05) is 0 Å². The van der Waals surface area contributed by atoms with Gasteiger partial charge in [0.1, 0.15) is 12.3 Å². The molecule has 1 aromatic heterocycles. The molecule has 2 aliphatic rings. The first-order valence-corrected chi connectivity index (χ1v) is 9.39. The maximum Gasteiger partial charge on any atom is 0.406 e. The molecular formula is C18H25F3N4O3. The zero-order chi connectivity index (χ0) is 20.1. The summed E-state index contributed by atoms with van der Waals surface area (Å²) in [6.45, 7) is 0.966. The van der Waals surface area contributed by atoms with Crippen molar-refractivity contribution in [1.29, 1.82) is 0 Å². The van der Waals surface area contributed by atoms with Crippen LogP contribution in [-0.2, 0) is 16.1 Å². The summed E-state index contributed by atoms with van der Waals surface area (Å²) in [5.41, 5.74) is 0. The highest BCUT2D eigenvalue weighted by Gasteiger charge is 2.34. The second kappa shape index (κ2) is 8.95. The van der Waals surface area contributed by atoms with Gasteiger partial charge in [0.25, 0.3) is 0 Å². The molecule has 1 aliphatic carbocycles. The lowest BCUT2D eigenvalue weighted by atomic mass is 10.3. The van der Waals surface area contributed by atoms with Gasteiger partial charge < -0.3 is 14.6 Å². The van der Waals surface area contributed by atoms with Crippen LogP contribution in [-0.4, -0.2) is 84.5 Å². The lowest BCUT2D eigenvalue weighted by molar-refractivity contribution is -0.163. The maximum absolute atomic E-state index is 12.9. The summed E-state index contributed by atoms with van der Waals surface area (Å²) < 4.78 is 43.7. The van der Waals surface area contributed by atoms with Crippen LogP contribution < -0.4 is 5.32 Å². The first kappa shape index (κ1) is 20.7. The molecule has 1 aliphatic heterocycles. The van der Waals surface area contributed by atoms with Crippen LogP contribution in [0.4, 0.5) is 13.2 Å². The Labute approximate surface area is 161 Å². The number of hydrogen-bond donors (Lipinski definition) is 1. The Hall–Kier alpha value is -2.07. The second-order valence-corrected chi connectivity index (χ2v) is 7.34. The standard InChI is InChI=1S/C18H25F3N4O3/c19-18(20,21)13-25(10-15-2-1-9-28-15)17(27)12-24-7-5-23(6-8-24)11-16(26)22-14-3-4-14/h1-2,9,14H,3-8,10-13H2,(H,22,26). The van der Waals surface area contributed by atoms with Gasteiger partial charge >= 0.3 is 6.18 Å². The van der Waals surface area contributed by atoms with E-state index in [4.69, 9.17) is 4.42 Å². The van der Waals surface area contributed by atoms with Gasteiger partial charge in [0.05, 0.1) is 25.9 Å². The molecule has 1 aromatic rings. The van der Waals surface area contributed by atoms with E-state index in [1.807, 2.05) is 9.80 Å². The molecule has 28 heavy (non-hydrogen) atoms. The second-order valence-electron chi connectivity index (χ2n) is 7.34. The fourth-order valence-corrected chi connectivity index (χ4v) is 3.14. The highest BCUT2D eigenvalue weighted by atomic mass is 19.4. The van der Waals surface area contributed by atoms with E-state index in [-0.39, 0.29) is 19.0 Å². The molecule has 2 fully saturated rings. The number of piperazine rings is 1. The van der Waals surface area contributed by atoms with Gasteiger partial charge in [0.15, 0.2) is 0 Å². The van der Waals surface area contributed by atoms with Gasteiger partial charge in [0, 0.05) is 32.2 Å². The van der Waals surface area contributed by atoms with Crippen LogP contribution in [0.2, 0.25) is 0 Å². The summed E-state index contributed by atoms with van der Waals surface area (Å²) in [4.78, 5) is 28.9. The van der Waals surface area contributed by atoms with E-state index in [9.17, 15) is 22.8 Å². The highest BCUT2D eigenvalue weighted by Crippen LogP contribution is 2.19. The van der Waals surface area contributed by atoms with Crippen molar-refractivity contribution >= 4 is 11.8 Å². The summed E-state index contributed by atoms with van der Waals surface area (Å²) >= 11 is 0. The van der Waals surface area contributed by atoms with Gasteiger partial charge in [-0.2, -0.15) is 13.2 Å². The minimum absolute atomic E-state index is 0.00169. The molecule has 1 saturated carbocycles. The average Bonchev–Trinajstić information content (AvgIpc) is 3.26. The van der Waals surface area contributed by atoms with Crippen LogP contribution in [0.5, 0.6) is 0 Å². The highest BCUT2D eigenvalue weighted by molar-refractivity contribution is 5.79. The van der Waals surface area contributed by atoms with Gasteiger partial charge in [-0.15, -0.1) is 0 Å². The minimum atomic E-state index is -4.48. The lowest BCUT2D eigenvalue weighted by Crippen LogP contribution is -2.52. The Morgan fingerprint density at radius 1 is 1.14 bits per heavy atom. The Morgan fingerprint density at radius 2 is 1.79 bits per heavy atom. The molecule has 0 radical (unpaired) electrons. The number of amides is 2. The van der Waals surface area contributed by atoms with Crippen molar-refractivity contribution in [3.8, 4) is 0 Å². The third kappa shape index (κ3) is 6.83. The Morgan fingerprint density at radius 3 is 2.32 bits per heavy atom. The number of rotatable bonds is 8. The van der Waals surface area contributed by atoms with Gasteiger partial charge in [-0.05, 0) is 25.0 Å². The Kier molecular flexibility index (Phi) is 6.61. The van der Waals surface area contributed by atoms with Gasteiger partial charge in [-0.25, -0.2) is 0 Å². The van der Waals surface area contributed by atoms with Crippen LogP contribution in [0.15, 0.2) is 22.8 Å². The SMILES string of the molecule is O=C(CN1CCN(CC(=O)N(Cc2ccco2)CC(F)(F)F)CC1)NC1CC1. The number of carbonyl (C=O) groups excluding carboxylic acids is 2. The predicted octanol–water partition coefficient (Wildman–Crippen LogP) is 1.07. The molecule has 156 valence electrons. The van der Waals surface area contributed by atoms with Gasteiger partial charge in [0.2, 0.25) is 11.8 Å². The van der Waals surface area contributed by atoms with Crippen LogP contribution in [0.3, 0.4) is 0 Å². The summed E-state index contributed by atoms with van der Waals surface area (Å²) in [6, 6.07) is 3.44. The summed E-state index contributed by atoms with van der Waals surface area (Å²) in [7, 11) is 0. The van der Waals surface area contributed by atoms with Crippen molar-refractivity contribution in [2.75, 3.05) is 45.8 Å². The fraction of sp³-hybridized carbons (Fsp3) is 0.667. The molecular weight excluding hydrogens is 377 g/mol. The Bertz CT molecular complexity index is 654. The molecule has 7 nitrogen and oxygen atoms in total. The topological polar surface area (TPSA) is 69.0 Å². The number of nitrogens with zero attached hydrogens (tertiary/aromatic N) is 3. The van der Waals surface area contributed by atoms with E-state index in [1.54, 1.807) is 12.1 Å². The number of halogens is 3.